The van der Waals surface area contributed by atoms with Gasteiger partial charge in [0.2, 0.25) is 0 Å². The highest BCUT2D eigenvalue weighted by Crippen LogP contribution is 2.18. The van der Waals surface area contributed by atoms with Crippen LogP contribution in [0.15, 0.2) is 17.3 Å². The van der Waals surface area contributed by atoms with E-state index >= 15 is 0 Å². The first-order valence-electron chi connectivity index (χ1n) is 4.18. The molecule has 0 saturated heterocycles. The maximum absolute atomic E-state index is 13.3. The fourth-order valence-corrected chi connectivity index (χ4v) is 1.69. The van der Waals surface area contributed by atoms with E-state index in [0.29, 0.717) is 5.56 Å². The summed E-state index contributed by atoms with van der Waals surface area (Å²) in [6, 6.07) is 1.22. The van der Waals surface area contributed by atoms with Crippen LogP contribution in [0, 0.1) is 5.82 Å². The second kappa shape index (κ2) is 3.65. The highest BCUT2D eigenvalue weighted by atomic mass is 32.2. The summed E-state index contributed by atoms with van der Waals surface area (Å²) < 4.78 is 35.3. The van der Waals surface area contributed by atoms with Gasteiger partial charge < -0.3 is 0 Å². The quantitative estimate of drug-likeness (QED) is 0.758. The Morgan fingerprint density at radius 2 is 2.00 bits per heavy atom. The molecular formula is C9H12FNO2S. The third-order valence-corrected chi connectivity index (χ3v) is 2.85. The number of rotatable bonds is 2. The number of hydrogen-bond acceptors (Lipinski definition) is 3. The summed E-state index contributed by atoms with van der Waals surface area (Å²) in [6.07, 6.45) is 2.33. The normalized spacial score (nSPS) is 12.1. The molecule has 0 aliphatic carbocycles. The van der Waals surface area contributed by atoms with Gasteiger partial charge in [-0.15, -0.1) is 0 Å². The minimum Gasteiger partial charge on any atom is -0.242 e. The van der Waals surface area contributed by atoms with Gasteiger partial charge in [0.05, 0.1) is 0 Å². The van der Waals surface area contributed by atoms with Crippen molar-refractivity contribution in [3.05, 3.63) is 23.6 Å². The molecule has 0 N–H and O–H groups in total. The molecule has 1 heterocycles. The Morgan fingerprint density at radius 1 is 1.43 bits per heavy atom. The van der Waals surface area contributed by atoms with Crippen molar-refractivity contribution in [1.82, 2.24) is 4.98 Å². The summed E-state index contributed by atoms with van der Waals surface area (Å²) in [4.78, 5) is 3.61. The minimum absolute atomic E-state index is 0.130. The first-order chi connectivity index (χ1) is 6.32. The molecule has 0 aromatic carbocycles. The van der Waals surface area contributed by atoms with E-state index in [1.165, 1.54) is 12.3 Å². The summed E-state index contributed by atoms with van der Waals surface area (Å²) in [5.74, 6) is -0.649. The Balaban J connectivity index is 3.28. The van der Waals surface area contributed by atoms with Gasteiger partial charge in [0, 0.05) is 12.5 Å². The van der Waals surface area contributed by atoms with Crippen molar-refractivity contribution in [3.63, 3.8) is 0 Å². The van der Waals surface area contributed by atoms with Gasteiger partial charge in [-0.2, -0.15) is 0 Å². The van der Waals surface area contributed by atoms with Crippen LogP contribution in [0.3, 0.4) is 0 Å². The number of halogens is 1. The predicted octanol–water partition coefficient (Wildman–Crippen LogP) is 1.75. The Bertz CT molecular complexity index is 440. The fourth-order valence-electron chi connectivity index (χ4n) is 1.03. The molecule has 0 unspecified atom stereocenters. The van der Waals surface area contributed by atoms with Crippen molar-refractivity contribution >= 4 is 9.84 Å². The second-order valence-electron chi connectivity index (χ2n) is 3.48. The largest absolute Gasteiger partial charge is 0.242 e. The topological polar surface area (TPSA) is 47.0 Å². The SMILES string of the molecule is CC(C)c1cnc(S(C)(=O)=O)c(F)c1. The lowest BCUT2D eigenvalue weighted by molar-refractivity contribution is 0.553. The van der Waals surface area contributed by atoms with E-state index in [1.54, 1.807) is 0 Å². The fraction of sp³-hybridized carbons (Fsp3) is 0.444. The van der Waals surface area contributed by atoms with Crippen LogP contribution in [-0.4, -0.2) is 19.7 Å². The summed E-state index contributed by atoms with van der Waals surface area (Å²) in [7, 11) is -3.56. The Labute approximate surface area is 82.9 Å². The summed E-state index contributed by atoms with van der Waals surface area (Å²) in [5, 5.41) is -0.484. The van der Waals surface area contributed by atoms with Crippen LogP contribution >= 0.6 is 0 Å². The Kier molecular flexibility index (Phi) is 2.89. The molecule has 5 heteroatoms. The summed E-state index contributed by atoms with van der Waals surface area (Å²) in [5.41, 5.74) is 0.690. The van der Waals surface area contributed by atoms with Gasteiger partial charge in [-0.25, -0.2) is 17.8 Å². The third kappa shape index (κ3) is 2.29. The van der Waals surface area contributed by atoms with Crippen molar-refractivity contribution in [2.45, 2.75) is 24.8 Å². The van der Waals surface area contributed by atoms with Gasteiger partial charge in [-0.05, 0) is 17.5 Å². The zero-order valence-electron chi connectivity index (χ0n) is 8.28. The Hall–Kier alpha value is -0.970. The standard InChI is InChI=1S/C9H12FNO2S/c1-6(2)7-4-8(10)9(11-5-7)14(3,12)13/h4-6H,1-3H3. The first kappa shape index (κ1) is 11.1. The van der Waals surface area contributed by atoms with Crippen molar-refractivity contribution < 1.29 is 12.8 Å². The maximum atomic E-state index is 13.3. The van der Waals surface area contributed by atoms with Gasteiger partial charge in [-0.1, -0.05) is 13.8 Å². The molecule has 0 fully saturated rings. The molecule has 0 saturated carbocycles. The zero-order valence-corrected chi connectivity index (χ0v) is 9.10. The number of nitrogens with zero attached hydrogens (tertiary/aromatic N) is 1. The van der Waals surface area contributed by atoms with Crippen LogP contribution in [0.1, 0.15) is 25.3 Å². The molecule has 1 aromatic rings. The molecule has 1 aromatic heterocycles. The molecule has 3 nitrogen and oxygen atoms in total. The summed E-state index contributed by atoms with van der Waals surface area (Å²) in [6.45, 7) is 3.77. The van der Waals surface area contributed by atoms with E-state index in [9.17, 15) is 12.8 Å². The molecule has 0 aliphatic heterocycles. The molecule has 0 radical (unpaired) electrons. The van der Waals surface area contributed by atoms with Gasteiger partial charge in [0.1, 0.15) is 0 Å². The van der Waals surface area contributed by atoms with Crippen LogP contribution in [-0.2, 0) is 9.84 Å². The van der Waals surface area contributed by atoms with Gasteiger partial charge >= 0.3 is 0 Å². The monoisotopic (exact) mass is 217 g/mol. The molecule has 78 valence electrons. The first-order valence-corrected chi connectivity index (χ1v) is 6.07. The molecule has 0 bridgehead atoms. The van der Waals surface area contributed by atoms with Crippen LogP contribution < -0.4 is 0 Å². The summed E-state index contributed by atoms with van der Waals surface area (Å²) >= 11 is 0. The molecule has 14 heavy (non-hydrogen) atoms. The molecule has 0 spiro atoms. The number of hydrogen-bond donors (Lipinski definition) is 0. The van der Waals surface area contributed by atoms with E-state index in [1.807, 2.05) is 13.8 Å². The Morgan fingerprint density at radius 3 is 2.36 bits per heavy atom. The highest BCUT2D eigenvalue weighted by molar-refractivity contribution is 7.90. The smallest absolute Gasteiger partial charge is 0.195 e. The van der Waals surface area contributed by atoms with Gasteiger partial charge in [0.15, 0.2) is 20.7 Å². The van der Waals surface area contributed by atoms with E-state index < -0.39 is 20.7 Å². The van der Waals surface area contributed by atoms with E-state index in [2.05, 4.69) is 4.98 Å². The van der Waals surface area contributed by atoms with Gasteiger partial charge in [0.25, 0.3) is 0 Å². The lowest BCUT2D eigenvalue weighted by atomic mass is 10.1. The van der Waals surface area contributed by atoms with Crippen LogP contribution in [0.5, 0.6) is 0 Å². The minimum atomic E-state index is -3.56. The number of aromatic nitrogens is 1. The molecule has 0 amide bonds. The number of pyridine rings is 1. The molecule has 0 atom stereocenters. The average Bonchev–Trinajstić information content (AvgIpc) is 2.01. The molecule has 1 rings (SSSR count). The van der Waals surface area contributed by atoms with Crippen molar-refractivity contribution in [1.29, 1.82) is 0 Å². The van der Waals surface area contributed by atoms with E-state index in [4.69, 9.17) is 0 Å². The zero-order chi connectivity index (χ0) is 10.9. The maximum Gasteiger partial charge on any atom is 0.195 e. The van der Waals surface area contributed by atoms with Crippen molar-refractivity contribution in [2.24, 2.45) is 0 Å². The van der Waals surface area contributed by atoms with E-state index in [0.717, 1.165) is 6.26 Å². The van der Waals surface area contributed by atoms with Crippen molar-refractivity contribution in [2.75, 3.05) is 6.26 Å². The lowest BCUT2D eigenvalue weighted by Crippen LogP contribution is -2.05. The van der Waals surface area contributed by atoms with E-state index in [-0.39, 0.29) is 5.92 Å². The average molecular weight is 217 g/mol. The number of sulfone groups is 1. The third-order valence-electron chi connectivity index (χ3n) is 1.85. The van der Waals surface area contributed by atoms with Crippen molar-refractivity contribution in [3.8, 4) is 0 Å². The van der Waals surface area contributed by atoms with Crippen LogP contribution in [0.25, 0.3) is 0 Å². The van der Waals surface area contributed by atoms with Crippen LogP contribution in [0.4, 0.5) is 4.39 Å². The molecule has 0 aliphatic rings. The highest BCUT2D eigenvalue weighted by Gasteiger charge is 2.16. The lowest BCUT2D eigenvalue weighted by Gasteiger charge is -2.06. The predicted molar refractivity (Wildman–Crippen MR) is 51.4 cm³/mol. The second-order valence-corrected chi connectivity index (χ2v) is 5.41. The van der Waals surface area contributed by atoms with Gasteiger partial charge in [-0.3, -0.25) is 0 Å². The van der Waals surface area contributed by atoms with Crippen LogP contribution in [0.2, 0.25) is 0 Å². The molecular weight excluding hydrogens is 205 g/mol.